The minimum absolute atomic E-state index is 0.231. The molecule has 0 unspecified atom stereocenters. The number of aromatic nitrogens is 2. The molecule has 0 spiro atoms. The summed E-state index contributed by atoms with van der Waals surface area (Å²) < 4.78 is 5.33. The summed E-state index contributed by atoms with van der Waals surface area (Å²) in [6, 6.07) is 10.5. The molecule has 4 nitrogen and oxygen atoms in total. The van der Waals surface area contributed by atoms with E-state index in [2.05, 4.69) is 9.97 Å². The molecule has 0 aliphatic carbocycles. The van der Waals surface area contributed by atoms with Crippen molar-refractivity contribution in [3.05, 3.63) is 53.1 Å². The molecule has 1 aromatic heterocycles. The molecule has 1 N–H and O–H groups in total. The Morgan fingerprint density at radius 1 is 1.21 bits per heavy atom. The molecule has 0 fully saturated rings. The van der Waals surface area contributed by atoms with Crippen LogP contribution < -0.4 is 10.3 Å². The molecule has 2 rings (SSSR count). The van der Waals surface area contributed by atoms with Gasteiger partial charge in [0.25, 0.3) is 5.56 Å². The smallest absolute Gasteiger partial charge is 0.254 e. The molecular formula is C10H8N2O2. The predicted molar refractivity (Wildman–Crippen MR) is 51.4 cm³/mol. The summed E-state index contributed by atoms with van der Waals surface area (Å²) in [5.74, 6) is 0.950. The average Bonchev–Trinajstić information content (AvgIpc) is 2.19. The standard InChI is InChI=1S/C10H8N2O2/c13-9-6-10(12-7-11-9)14-8-4-2-1-3-5-8/h1-7H,(H,11,12,13). The van der Waals surface area contributed by atoms with E-state index in [4.69, 9.17) is 4.74 Å². The lowest BCUT2D eigenvalue weighted by atomic mass is 10.3. The first-order valence-electron chi connectivity index (χ1n) is 4.12. The number of aromatic amines is 1. The van der Waals surface area contributed by atoms with Crippen LogP contribution in [-0.2, 0) is 0 Å². The van der Waals surface area contributed by atoms with E-state index < -0.39 is 0 Å². The molecule has 1 heterocycles. The normalized spacial score (nSPS) is 9.71. The molecule has 0 atom stereocenters. The van der Waals surface area contributed by atoms with Gasteiger partial charge in [-0.15, -0.1) is 0 Å². The molecule has 0 radical (unpaired) electrons. The quantitative estimate of drug-likeness (QED) is 0.778. The van der Waals surface area contributed by atoms with Crippen LogP contribution in [0.4, 0.5) is 0 Å². The largest absolute Gasteiger partial charge is 0.439 e. The fourth-order valence-corrected chi connectivity index (χ4v) is 1.02. The molecule has 2 aromatic rings. The highest BCUT2D eigenvalue weighted by atomic mass is 16.5. The highest BCUT2D eigenvalue weighted by molar-refractivity contribution is 5.25. The lowest BCUT2D eigenvalue weighted by Gasteiger charge is -2.01. The van der Waals surface area contributed by atoms with Gasteiger partial charge in [-0.25, -0.2) is 4.98 Å². The molecule has 70 valence electrons. The fourth-order valence-electron chi connectivity index (χ4n) is 1.02. The number of nitrogens with zero attached hydrogens (tertiary/aromatic N) is 1. The van der Waals surface area contributed by atoms with Crippen LogP contribution in [0.3, 0.4) is 0 Å². The second-order valence-corrected chi connectivity index (χ2v) is 2.66. The molecule has 0 saturated carbocycles. The van der Waals surface area contributed by atoms with Crippen molar-refractivity contribution in [3.63, 3.8) is 0 Å². The topological polar surface area (TPSA) is 55.0 Å². The number of benzene rings is 1. The number of rotatable bonds is 2. The van der Waals surface area contributed by atoms with Crippen molar-refractivity contribution in [2.24, 2.45) is 0 Å². The number of hydrogen-bond acceptors (Lipinski definition) is 3. The summed E-state index contributed by atoms with van der Waals surface area (Å²) in [5.41, 5.74) is -0.231. The Bertz CT molecular complexity index is 465. The maximum Gasteiger partial charge on any atom is 0.254 e. The van der Waals surface area contributed by atoms with Gasteiger partial charge in [0.05, 0.1) is 12.4 Å². The van der Waals surface area contributed by atoms with E-state index in [1.54, 1.807) is 12.1 Å². The van der Waals surface area contributed by atoms with Crippen LogP contribution in [0.2, 0.25) is 0 Å². The third-order valence-electron chi connectivity index (χ3n) is 1.62. The van der Waals surface area contributed by atoms with E-state index in [0.717, 1.165) is 0 Å². The summed E-state index contributed by atoms with van der Waals surface area (Å²) in [6.45, 7) is 0. The van der Waals surface area contributed by atoms with Crippen LogP contribution in [0, 0.1) is 0 Å². The van der Waals surface area contributed by atoms with Crippen molar-refractivity contribution >= 4 is 0 Å². The third-order valence-corrected chi connectivity index (χ3v) is 1.62. The van der Waals surface area contributed by atoms with Gasteiger partial charge in [-0.05, 0) is 12.1 Å². The molecule has 0 aliphatic rings. The predicted octanol–water partition coefficient (Wildman–Crippen LogP) is 1.56. The van der Waals surface area contributed by atoms with E-state index in [1.165, 1.54) is 12.4 Å². The molecule has 14 heavy (non-hydrogen) atoms. The zero-order valence-corrected chi connectivity index (χ0v) is 7.31. The Kier molecular flexibility index (Phi) is 2.27. The van der Waals surface area contributed by atoms with E-state index in [1.807, 2.05) is 18.2 Å². The number of ether oxygens (including phenoxy) is 1. The molecule has 0 amide bonds. The molecule has 0 saturated heterocycles. The van der Waals surface area contributed by atoms with Gasteiger partial charge in [-0.1, -0.05) is 18.2 Å². The summed E-state index contributed by atoms with van der Waals surface area (Å²) >= 11 is 0. The maximum atomic E-state index is 10.9. The summed E-state index contributed by atoms with van der Waals surface area (Å²) in [7, 11) is 0. The summed E-state index contributed by atoms with van der Waals surface area (Å²) in [4.78, 5) is 17.2. The highest BCUT2D eigenvalue weighted by Gasteiger charge is 1.97. The lowest BCUT2D eigenvalue weighted by Crippen LogP contribution is -2.04. The van der Waals surface area contributed by atoms with Crippen LogP contribution >= 0.6 is 0 Å². The monoisotopic (exact) mass is 188 g/mol. The SMILES string of the molecule is O=c1cc(Oc2ccccc2)nc[nH]1. The molecular weight excluding hydrogens is 180 g/mol. The minimum Gasteiger partial charge on any atom is -0.439 e. The fraction of sp³-hybridized carbons (Fsp3) is 0. The summed E-state index contributed by atoms with van der Waals surface area (Å²) in [5, 5.41) is 0. The average molecular weight is 188 g/mol. The van der Waals surface area contributed by atoms with Crippen molar-refractivity contribution < 1.29 is 4.74 Å². The van der Waals surface area contributed by atoms with Crippen LogP contribution in [-0.4, -0.2) is 9.97 Å². The van der Waals surface area contributed by atoms with Gasteiger partial charge in [0.2, 0.25) is 5.88 Å². The third kappa shape index (κ3) is 1.98. The van der Waals surface area contributed by atoms with Gasteiger partial charge < -0.3 is 9.72 Å². The molecule has 0 bridgehead atoms. The minimum atomic E-state index is -0.231. The first-order chi connectivity index (χ1) is 6.84. The van der Waals surface area contributed by atoms with E-state index in [-0.39, 0.29) is 5.56 Å². The van der Waals surface area contributed by atoms with Gasteiger partial charge in [-0.2, -0.15) is 0 Å². The van der Waals surface area contributed by atoms with Gasteiger partial charge >= 0.3 is 0 Å². The van der Waals surface area contributed by atoms with E-state index in [9.17, 15) is 4.79 Å². The first kappa shape index (κ1) is 8.50. The lowest BCUT2D eigenvalue weighted by molar-refractivity contribution is 0.460. The summed E-state index contributed by atoms with van der Waals surface area (Å²) in [6.07, 6.45) is 1.31. The van der Waals surface area contributed by atoms with Crippen LogP contribution in [0.1, 0.15) is 0 Å². The Balaban J connectivity index is 2.24. The van der Waals surface area contributed by atoms with Gasteiger partial charge in [0.1, 0.15) is 5.75 Å². The molecule has 4 heteroatoms. The van der Waals surface area contributed by atoms with Crippen LogP contribution in [0.5, 0.6) is 11.6 Å². The zero-order valence-electron chi connectivity index (χ0n) is 7.31. The highest BCUT2D eigenvalue weighted by Crippen LogP contribution is 2.15. The van der Waals surface area contributed by atoms with Crippen molar-refractivity contribution in [3.8, 4) is 11.6 Å². The van der Waals surface area contributed by atoms with Crippen LogP contribution in [0.25, 0.3) is 0 Å². The Morgan fingerprint density at radius 2 is 2.00 bits per heavy atom. The van der Waals surface area contributed by atoms with Crippen LogP contribution in [0.15, 0.2) is 47.5 Å². The Morgan fingerprint density at radius 3 is 2.71 bits per heavy atom. The van der Waals surface area contributed by atoms with Crippen molar-refractivity contribution in [2.45, 2.75) is 0 Å². The number of para-hydroxylation sites is 1. The zero-order chi connectivity index (χ0) is 9.80. The second-order valence-electron chi connectivity index (χ2n) is 2.66. The Labute approximate surface area is 80.2 Å². The first-order valence-corrected chi connectivity index (χ1v) is 4.12. The maximum absolute atomic E-state index is 10.9. The van der Waals surface area contributed by atoms with E-state index in [0.29, 0.717) is 11.6 Å². The molecule has 1 aromatic carbocycles. The van der Waals surface area contributed by atoms with E-state index >= 15 is 0 Å². The van der Waals surface area contributed by atoms with Crippen molar-refractivity contribution in [2.75, 3.05) is 0 Å². The van der Waals surface area contributed by atoms with Crippen molar-refractivity contribution in [1.29, 1.82) is 0 Å². The van der Waals surface area contributed by atoms with Gasteiger partial charge in [-0.3, -0.25) is 4.79 Å². The second kappa shape index (κ2) is 3.74. The number of hydrogen-bond donors (Lipinski definition) is 1. The van der Waals surface area contributed by atoms with Gasteiger partial charge in [0.15, 0.2) is 0 Å². The number of H-pyrrole nitrogens is 1. The Hall–Kier alpha value is -2.10. The number of nitrogens with one attached hydrogen (secondary N) is 1. The van der Waals surface area contributed by atoms with Crippen molar-refractivity contribution in [1.82, 2.24) is 9.97 Å². The molecule has 0 aliphatic heterocycles. The van der Waals surface area contributed by atoms with Gasteiger partial charge in [0, 0.05) is 0 Å².